The number of rotatable bonds is 6. The van der Waals surface area contributed by atoms with Crippen molar-refractivity contribution in [1.82, 2.24) is 5.32 Å². The molecule has 6 heteroatoms. The van der Waals surface area contributed by atoms with Gasteiger partial charge in [-0.15, -0.1) is 0 Å². The molecule has 2 atom stereocenters. The lowest BCUT2D eigenvalue weighted by Crippen LogP contribution is -2.47. The zero-order chi connectivity index (χ0) is 15.9. The van der Waals surface area contributed by atoms with E-state index in [1.807, 2.05) is 0 Å². The third-order valence-electron chi connectivity index (χ3n) is 2.48. The zero-order valence-corrected chi connectivity index (χ0v) is 13.2. The summed E-state index contributed by atoms with van der Waals surface area (Å²) in [7, 11) is 0. The monoisotopic (exact) mass is 289 g/mol. The molecule has 0 saturated heterocycles. The Morgan fingerprint density at radius 3 is 2.20 bits per heavy atom. The van der Waals surface area contributed by atoms with Crippen LogP contribution in [0.15, 0.2) is 0 Å². The summed E-state index contributed by atoms with van der Waals surface area (Å²) in [5.74, 6) is -0.716. The highest BCUT2D eigenvalue weighted by Crippen LogP contribution is 2.10. The van der Waals surface area contributed by atoms with Gasteiger partial charge in [0, 0.05) is 0 Å². The van der Waals surface area contributed by atoms with Crippen LogP contribution in [0.25, 0.3) is 0 Å². The van der Waals surface area contributed by atoms with Crippen molar-refractivity contribution in [3.05, 3.63) is 0 Å². The van der Waals surface area contributed by atoms with Crippen LogP contribution < -0.4 is 5.32 Å². The molecule has 0 saturated carbocycles. The highest BCUT2D eigenvalue weighted by atomic mass is 16.6. The van der Waals surface area contributed by atoms with Gasteiger partial charge in [-0.2, -0.15) is 0 Å². The number of aliphatic hydroxyl groups is 1. The van der Waals surface area contributed by atoms with Crippen LogP contribution >= 0.6 is 0 Å². The molecule has 1 unspecified atom stereocenters. The molecule has 0 rings (SSSR count). The Balaban J connectivity index is 4.49. The average molecular weight is 289 g/mol. The predicted molar refractivity (Wildman–Crippen MR) is 75.3 cm³/mol. The fourth-order valence-corrected chi connectivity index (χ4v) is 1.32. The van der Waals surface area contributed by atoms with E-state index in [0.29, 0.717) is 6.42 Å². The summed E-state index contributed by atoms with van der Waals surface area (Å²) >= 11 is 0. The van der Waals surface area contributed by atoms with Gasteiger partial charge in [0.15, 0.2) is 0 Å². The van der Waals surface area contributed by atoms with Crippen molar-refractivity contribution in [3.8, 4) is 0 Å². The van der Waals surface area contributed by atoms with Crippen molar-refractivity contribution in [2.75, 3.05) is 6.61 Å². The molecule has 20 heavy (non-hydrogen) atoms. The Bertz CT molecular complexity index is 322. The molecule has 0 heterocycles. The maximum atomic E-state index is 11.9. The molecule has 1 amide bonds. The smallest absolute Gasteiger partial charge is 0.408 e. The summed E-state index contributed by atoms with van der Waals surface area (Å²) in [5.41, 5.74) is -0.631. The average Bonchev–Trinajstić information content (AvgIpc) is 2.29. The lowest BCUT2D eigenvalue weighted by atomic mass is 10.1. The molecule has 0 aliphatic heterocycles. The van der Waals surface area contributed by atoms with E-state index in [0.717, 1.165) is 0 Å². The van der Waals surface area contributed by atoms with Crippen molar-refractivity contribution in [1.29, 1.82) is 0 Å². The van der Waals surface area contributed by atoms with Crippen molar-refractivity contribution >= 4 is 12.1 Å². The second kappa shape index (κ2) is 8.09. The summed E-state index contributed by atoms with van der Waals surface area (Å²) in [4.78, 5) is 23.6. The topological polar surface area (TPSA) is 84.9 Å². The second-order valence-electron chi connectivity index (χ2n) is 6.06. The van der Waals surface area contributed by atoms with Crippen LogP contribution in [-0.2, 0) is 14.3 Å². The number of esters is 1. The third-order valence-corrected chi connectivity index (χ3v) is 2.48. The van der Waals surface area contributed by atoms with E-state index in [1.54, 1.807) is 41.5 Å². The molecule has 0 aliphatic carbocycles. The Kier molecular flexibility index (Phi) is 7.57. The molecule has 0 aromatic heterocycles. The minimum atomic E-state index is -0.797. The summed E-state index contributed by atoms with van der Waals surface area (Å²) < 4.78 is 10.1. The van der Waals surface area contributed by atoms with Gasteiger partial charge in [-0.1, -0.05) is 20.8 Å². The number of aliphatic hydroxyl groups excluding tert-OH is 1. The normalized spacial score (nSPS) is 14.6. The molecule has 0 aromatic rings. The minimum Gasteiger partial charge on any atom is -0.461 e. The maximum Gasteiger partial charge on any atom is 0.408 e. The first kappa shape index (κ1) is 18.7. The number of nitrogens with one attached hydrogen (secondary N) is 1. The van der Waals surface area contributed by atoms with Crippen molar-refractivity contribution in [2.24, 2.45) is 5.92 Å². The van der Waals surface area contributed by atoms with Gasteiger partial charge in [-0.25, -0.2) is 9.59 Å². The summed E-state index contributed by atoms with van der Waals surface area (Å²) in [6, 6.07) is -0.797. The molecule has 0 bridgehead atoms. The van der Waals surface area contributed by atoms with Gasteiger partial charge in [-0.3, -0.25) is 0 Å². The van der Waals surface area contributed by atoms with Gasteiger partial charge >= 0.3 is 12.1 Å². The number of amides is 1. The number of hydrogen-bond acceptors (Lipinski definition) is 5. The van der Waals surface area contributed by atoms with E-state index in [9.17, 15) is 14.7 Å². The molecule has 0 aliphatic rings. The maximum absolute atomic E-state index is 11.9. The molecule has 0 fully saturated rings. The van der Waals surface area contributed by atoms with E-state index < -0.39 is 29.8 Å². The van der Waals surface area contributed by atoms with Crippen LogP contribution in [0.4, 0.5) is 4.79 Å². The predicted octanol–water partition coefficient (Wildman–Crippen LogP) is 1.85. The lowest BCUT2D eigenvalue weighted by Gasteiger charge is -2.24. The van der Waals surface area contributed by atoms with Gasteiger partial charge in [0.25, 0.3) is 0 Å². The van der Waals surface area contributed by atoms with Crippen LogP contribution in [0, 0.1) is 5.92 Å². The number of ether oxygens (including phenoxy) is 2. The van der Waals surface area contributed by atoms with Crippen molar-refractivity contribution in [3.63, 3.8) is 0 Å². The van der Waals surface area contributed by atoms with Gasteiger partial charge in [-0.05, 0) is 33.1 Å². The highest BCUT2D eigenvalue weighted by Gasteiger charge is 2.28. The van der Waals surface area contributed by atoms with E-state index in [4.69, 9.17) is 9.47 Å². The first-order chi connectivity index (χ1) is 9.06. The largest absolute Gasteiger partial charge is 0.461 e. The summed E-state index contributed by atoms with van der Waals surface area (Å²) in [6.07, 6.45) is -0.850. The van der Waals surface area contributed by atoms with Gasteiger partial charge in [0.05, 0.1) is 6.10 Å². The first-order valence-electron chi connectivity index (χ1n) is 6.91. The molecule has 0 spiro atoms. The standard InChI is InChI=1S/C14H27NO5/c1-7-10(16)8-19-12(17)11(9(2)3)15-13(18)20-14(4,5)6/h9-11,16H,7-8H2,1-6H3,(H,15,18)/t10?,11-/m0/s1. The quantitative estimate of drug-likeness (QED) is 0.729. The number of carbonyl (C=O) groups is 2. The van der Waals surface area contributed by atoms with Gasteiger partial charge < -0.3 is 19.9 Å². The number of alkyl carbamates (subject to hydrolysis) is 1. The Morgan fingerprint density at radius 2 is 1.80 bits per heavy atom. The lowest BCUT2D eigenvalue weighted by molar-refractivity contribution is -0.150. The molecular weight excluding hydrogens is 262 g/mol. The Labute approximate surface area is 120 Å². The highest BCUT2D eigenvalue weighted by molar-refractivity contribution is 5.81. The van der Waals surface area contributed by atoms with Gasteiger partial charge in [0.2, 0.25) is 0 Å². The van der Waals surface area contributed by atoms with Crippen molar-refractivity contribution in [2.45, 2.75) is 65.7 Å². The fraction of sp³-hybridized carbons (Fsp3) is 0.857. The van der Waals surface area contributed by atoms with E-state index in [-0.39, 0.29) is 12.5 Å². The SMILES string of the molecule is CCC(O)COC(=O)[C@@H](NC(=O)OC(C)(C)C)C(C)C. The summed E-state index contributed by atoms with van der Waals surface area (Å²) in [6.45, 7) is 10.5. The van der Waals surface area contributed by atoms with E-state index >= 15 is 0 Å². The molecule has 118 valence electrons. The van der Waals surface area contributed by atoms with E-state index in [1.165, 1.54) is 0 Å². The van der Waals surface area contributed by atoms with Crippen LogP contribution in [0.5, 0.6) is 0 Å². The molecule has 6 nitrogen and oxygen atoms in total. The number of hydrogen-bond donors (Lipinski definition) is 2. The third kappa shape index (κ3) is 7.99. The van der Waals surface area contributed by atoms with Crippen LogP contribution in [0.2, 0.25) is 0 Å². The molecule has 2 N–H and O–H groups in total. The summed E-state index contributed by atoms with van der Waals surface area (Å²) in [5, 5.41) is 11.9. The number of carbonyl (C=O) groups excluding carboxylic acids is 2. The molecular formula is C14H27NO5. The Morgan fingerprint density at radius 1 is 1.25 bits per heavy atom. The Hall–Kier alpha value is -1.30. The second-order valence-corrected chi connectivity index (χ2v) is 6.06. The minimum absolute atomic E-state index is 0.0748. The molecule has 0 aromatic carbocycles. The zero-order valence-electron chi connectivity index (χ0n) is 13.2. The van der Waals surface area contributed by atoms with Gasteiger partial charge in [0.1, 0.15) is 18.2 Å². The molecule has 0 radical (unpaired) electrons. The first-order valence-corrected chi connectivity index (χ1v) is 6.91. The van der Waals surface area contributed by atoms with Crippen LogP contribution in [-0.4, -0.2) is 41.5 Å². The fourth-order valence-electron chi connectivity index (χ4n) is 1.32. The van der Waals surface area contributed by atoms with Crippen LogP contribution in [0.3, 0.4) is 0 Å². The van der Waals surface area contributed by atoms with Crippen molar-refractivity contribution < 1.29 is 24.2 Å². The van der Waals surface area contributed by atoms with Crippen LogP contribution in [0.1, 0.15) is 48.0 Å². The van der Waals surface area contributed by atoms with E-state index in [2.05, 4.69) is 5.32 Å².